The van der Waals surface area contributed by atoms with Crippen molar-refractivity contribution in [2.45, 2.75) is 6.54 Å². The molecule has 2 aromatic carbocycles. The summed E-state index contributed by atoms with van der Waals surface area (Å²) in [5.74, 6) is 1.49. The van der Waals surface area contributed by atoms with Crippen molar-refractivity contribution in [3.8, 4) is 23.0 Å². The number of ether oxygens (including phenoxy) is 3. The summed E-state index contributed by atoms with van der Waals surface area (Å²) in [5.41, 5.74) is 1.76. The zero-order valence-corrected chi connectivity index (χ0v) is 15.2. The van der Waals surface area contributed by atoms with Gasteiger partial charge < -0.3 is 23.9 Å². The molecule has 0 radical (unpaired) electrons. The van der Waals surface area contributed by atoms with Crippen LogP contribution in [0.1, 0.15) is 16.2 Å². The minimum absolute atomic E-state index is 0.258. The third-order valence-electron chi connectivity index (χ3n) is 3.86. The van der Waals surface area contributed by atoms with Crippen LogP contribution in [0, 0.1) is 0 Å². The quantitative estimate of drug-likeness (QED) is 0.635. The van der Waals surface area contributed by atoms with E-state index < -0.39 is 5.97 Å². The van der Waals surface area contributed by atoms with Crippen molar-refractivity contribution in [1.29, 1.82) is 0 Å². The molecule has 3 aromatic rings. The van der Waals surface area contributed by atoms with Crippen molar-refractivity contribution in [2.75, 3.05) is 26.6 Å². The van der Waals surface area contributed by atoms with Gasteiger partial charge in [0, 0.05) is 11.3 Å². The number of hydrogen-bond donors (Lipinski definition) is 1. The summed E-state index contributed by atoms with van der Waals surface area (Å²) in [6, 6.07) is 12.4. The van der Waals surface area contributed by atoms with E-state index in [-0.39, 0.29) is 6.54 Å². The van der Waals surface area contributed by atoms with Crippen LogP contribution in [0.4, 0.5) is 5.69 Å². The second kappa shape index (κ2) is 8.22. The van der Waals surface area contributed by atoms with Crippen LogP contribution in [-0.4, -0.2) is 37.5 Å². The molecule has 0 amide bonds. The van der Waals surface area contributed by atoms with E-state index >= 15 is 0 Å². The van der Waals surface area contributed by atoms with Crippen molar-refractivity contribution in [3.05, 3.63) is 53.9 Å². The van der Waals surface area contributed by atoms with Gasteiger partial charge in [0.15, 0.2) is 11.5 Å². The van der Waals surface area contributed by atoms with Crippen molar-refractivity contribution >= 4 is 11.7 Å². The van der Waals surface area contributed by atoms with Gasteiger partial charge >= 0.3 is 5.97 Å². The Labute approximate surface area is 156 Å². The fourth-order valence-electron chi connectivity index (χ4n) is 2.51. The summed E-state index contributed by atoms with van der Waals surface area (Å²) in [5, 5.41) is 11.2. The average Bonchev–Trinajstić information content (AvgIpc) is 3.20. The molecule has 0 unspecified atom stereocenters. The van der Waals surface area contributed by atoms with Crippen LogP contribution in [0.5, 0.6) is 11.5 Å². The Hall–Kier alpha value is -3.55. The number of rotatable bonds is 7. The van der Waals surface area contributed by atoms with Gasteiger partial charge in [-0.3, -0.25) is 0 Å². The van der Waals surface area contributed by atoms with Crippen LogP contribution >= 0.6 is 0 Å². The molecule has 0 saturated carbocycles. The highest BCUT2D eigenvalue weighted by atomic mass is 16.5. The molecule has 0 aliphatic heterocycles. The lowest BCUT2D eigenvalue weighted by molar-refractivity contribution is 0.0602. The third kappa shape index (κ3) is 4.00. The maximum atomic E-state index is 11.8. The van der Waals surface area contributed by atoms with E-state index in [1.165, 1.54) is 7.11 Å². The maximum absolute atomic E-state index is 11.8. The standard InChI is InChI=1S/C19H19N3O5/c1-24-15-9-8-12(10-16(15)25-2)18-22-21-17(27-18)11-20-14-7-5-4-6-13(14)19(23)26-3/h4-10,20H,11H2,1-3H3. The zero-order chi connectivity index (χ0) is 19.2. The third-order valence-corrected chi connectivity index (χ3v) is 3.86. The topological polar surface area (TPSA) is 95.7 Å². The van der Waals surface area contributed by atoms with Gasteiger partial charge in [-0.15, -0.1) is 10.2 Å². The highest BCUT2D eigenvalue weighted by Crippen LogP contribution is 2.31. The van der Waals surface area contributed by atoms with Crippen LogP contribution < -0.4 is 14.8 Å². The first-order valence-electron chi connectivity index (χ1n) is 8.12. The van der Waals surface area contributed by atoms with Crippen LogP contribution in [-0.2, 0) is 11.3 Å². The van der Waals surface area contributed by atoms with Gasteiger partial charge in [-0.1, -0.05) is 12.1 Å². The zero-order valence-electron chi connectivity index (χ0n) is 15.2. The van der Waals surface area contributed by atoms with Crippen LogP contribution in [0.15, 0.2) is 46.9 Å². The summed E-state index contributed by atoms with van der Waals surface area (Å²) in [6.45, 7) is 0.258. The molecule has 0 spiro atoms. The van der Waals surface area contributed by atoms with Gasteiger partial charge in [0.25, 0.3) is 0 Å². The maximum Gasteiger partial charge on any atom is 0.339 e. The number of hydrogen-bond acceptors (Lipinski definition) is 8. The predicted octanol–water partition coefficient (Wildman–Crippen LogP) is 3.15. The van der Waals surface area contributed by atoms with Crippen molar-refractivity contribution in [1.82, 2.24) is 10.2 Å². The minimum atomic E-state index is -0.422. The second-order valence-corrected chi connectivity index (χ2v) is 5.46. The lowest BCUT2D eigenvalue weighted by Gasteiger charge is -2.08. The molecule has 0 bridgehead atoms. The molecule has 1 aromatic heterocycles. The highest BCUT2D eigenvalue weighted by Gasteiger charge is 2.14. The number of nitrogens with one attached hydrogen (secondary N) is 1. The number of esters is 1. The molecule has 0 aliphatic rings. The summed E-state index contributed by atoms with van der Waals surface area (Å²) in [6.07, 6.45) is 0. The van der Waals surface area contributed by atoms with Crippen LogP contribution in [0.25, 0.3) is 11.5 Å². The molecule has 0 saturated heterocycles. The lowest BCUT2D eigenvalue weighted by atomic mass is 10.2. The van der Waals surface area contributed by atoms with Gasteiger partial charge in [0.05, 0.1) is 33.4 Å². The van der Waals surface area contributed by atoms with Gasteiger partial charge in [0.2, 0.25) is 11.8 Å². The van der Waals surface area contributed by atoms with Crippen molar-refractivity contribution in [2.24, 2.45) is 0 Å². The number of carbonyl (C=O) groups is 1. The van der Waals surface area contributed by atoms with E-state index in [0.717, 1.165) is 0 Å². The number of methoxy groups -OCH3 is 3. The Bertz CT molecular complexity index is 939. The SMILES string of the molecule is COC(=O)c1ccccc1NCc1nnc(-c2ccc(OC)c(OC)c2)o1. The van der Waals surface area contributed by atoms with E-state index in [9.17, 15) is 4.79 Å². The number of nitrogens with zero attached hydrogens (tertiary/aromatic N) is 2. The number of carbonyl (C=O) groups excluding carboxylic acids is 1. The average molecular weight is 369 g/mol. The second-order valence-electron chi connectivity index (χ2n) is 5.46. The summed E-state index contributed by atoms with van der Waals surface area (Å²) in [7, 11) is 4.47. The Morgan fingerprint density at radius 1 is 1.04 bits per heavy atom. The number of anilines is 1. The highest BCUT2D eigenvalue weighted by molar-refractivity contribution is 5.95. The first-order chi connectivity index (χ1) is 13.2. The molecule has 3 rings (SSSR count). The molecule has 0 atom stereocenters. The lowest BCUT2D eigenvalue weighted by Crippen LogP contribution is -2.08. The van der Waals surface area contributed by atoms with Crippen LogP contribution in [0.3, 0.4) is 0 Å². The van der Waals surface area contributed by atoms with E-state index in [1.54, 1.807) is 50.6 Å². The largest absolute Gasteiger partial charge is 0.493 e. The number of aromatic nitrogens is 2. The fraction of sp³-hybridized carbons (Fsp3) is 0.211. The molecular formula is C19H19N3O5. The molecule has 1 N–H and O–H groups in total. The van der Waals surface area contributed by atoms with Gasteiger partial charge in [-0.2, -0.15) is 0 Å². The first kappa shape index (κ1) is 18.2. The Balaban J connectivity index is 1.75. The van der Waals surface area contributed by atoms with Gasteiger partial charge in [-0.25, -0.2) is 4.79 Å². The number of benzene rings is 2. The van der Waals surface area contributed by atoms with E-state index in [2.05, 4.69) is 15.5 Å². The van der Waals surface area contributed by atoms with Gasteiger partial charge in [0.1, 0.15) is 0 Å². The molecule has 0 fully saturated rings. The molecule has 8 heteroatoms. The molecule has 1 heterocycles. The smallest absolute Gasteiger partial charge is 0.339 e. The van der Waals surface area contributed by atoms with Crippen LogP contribution in [0.2, 0.25) is 0 Å². The summed E-state index contributed by atoms with van der Waals surface area (Å²) >= 11 is 0. The van der Waals surface area contributed by atoms with Gasteiger partial charge in [-0.05, 0) is 30.3 Å². The Kier molecular flexibility index (Phi) is 5.55. The molecule has 140 valence electrons. The Morgan fingerprint density at radius 2 is 1.81 bits per heavy atom. The fourth-order valence-corrected chi connectivity index (χ4v) is 2.51. The summed E-state index contributed by atoms with van der Waals surface area (Å²) < 4.78 is 21.0. The predicted molar refractivity (Wildman–Crippen MR) is 97.9 cm³/mol. The molecule has 0 aliphatic carbocycles. The molecule has 27 heavy (non-hydrogen) atoms. The van der Waals surface area contributed by atoms with E-state index in [0.29, 0.717) is 40.1 Å². The van der Waals surface area contributed by atoms with E-state index in [4.69, 9.17) is 18.6 Å². The van der Waals surface area contributed by atoms with E-state index in [1.807, 2.05) is 6.07 Å². The normalized spacial score (nSPS) is 10.3. The van der Waals surface area contributed by atoms with Crippen molar-refractivity contribution in [3.63, 3.8) is 0 Å². The van der Waals surface area contributed by atoms with Crippen molar-refractivity contribution < 1.29 is 23.4 Å². The first-order valence-corrected chi connectivity index (χ1v) is 8.12. The minimum Gasteiger partial charge on any atom is -0.493 e. The molecule has 8 nitrogen and oxygen atoms in total. The molecular weight excluding hydrogens is 350 g/mol. The Morgan fingerprint density at radius 3 is 2.56 bits per heavy atom. The monoisotopic (exact) mass is 369 g/mol. The number of para-hydroxylation sites is 1. The summed E-state index contributed by atoms with van der Waals surface area (Å²) in [4.78, 5) is 11.8.